The first kappa shape index (κ1) is 10.5. The molecule has 0 bridgehead atoms. The van der Waals surface area contributed by atoms with Gasteiger partial charge in [-0.25, -0.2) is 0 Å². The second-order valence-corrected chi connectivity index (χ2v) is 3.11. The van der Waals surface area contributed by atoms with E-state index >= 15 is 0 Å². The fourth-order valence-electron chi connectivity index (χ4n) is 1.22. The van der Waals surface area contributed by atoms with Crippen LogP contribution in [0.25, 0.3) is 0 Å². The molecule has 4 heteroatoms. The van der Waals surface area contributed by atoms with Crippen LogP contribution in [0.4, 0.5) is 5.69 Å². The van der Waals surface area contributed by atoms with Gasteiger partial charge in [0, 0.05) is 17.8 Å². The molecular formula is C10H14N2O2. The van der Waals surface area contributed by atoms with Crippen molar-refractivity contribution in [1.29, 1.82) is 0 Å². The number of carbonyl (C=O) groups excluding carboxylic acids is 1. The molecule has 0 aromatic heterocycles. The summed E-state index contributed by atoms with van der Waals surface area (Å²) in [6.07, 6.45) is 0. The van der Waals surface area contributed by atoms with Crippen molar-refractivity contribution in [3.8, 4) is 0 Å². The lowest BCUT2D eigenvalue weighted by molar-refractivity contribution is 0.0944. The van der Waals surface area contributed by atoms with Crippen LogP contribution in [0.15, 0.2) is 18.2 Å². The molecule has 0 aliphatic heterocycles. The highest BCUT2D eigenvalue weighted by atomic mass is 16.3. The van der Waals surface area contributed by atoms with Crippen molar-refractivity contribution in [2.24, 2.45) is 0 Å². The Morgan fingerprint density at radius 1 is 1.50 bits per heavy atom. The first-order valence-electron chi connectivity index (χ1n) is 4.39. The second-order valence-electron chi connectivity index (χ2n) is 3.11. The van der Waals surface area contributed by atoms with E-state index in [1.807, 2.05) is 6.92 Å². The van der Waals surface area contributed by atoms with Gasteiger partial charge in [0.15, 0.2) is 0 Å². The lowest BCUT2D eigenvalue weighted by atomic mass is 10.1. The molecule has 0 aliphatic rings. The van der Waals surface area contributed by atoms with Crippen molar-refractivity contribution in [1.82, 2.24) is 5.32 Å². The number of amides is 1. The SMILES string of the molecule is Cc1cc(N)cc(C(=O)NCCO)c1. The van der Waals surface area contributed by atoms with E-state index in [0.717, 1.165) is 5.56 Å². The molecule has 4 nitrogen and oxygen atoms in total. The van der Waals surface area contributed by atoms with E-state index in [2.05, 4.69) is 5.32 Å². The Kier molecular flexibility index (Phi) is 3.48. The summed E-state index contributed by atoms with van der Waals surface area (Å²) in [6.45, 7) is 2.07. The third-order valence-corrected chi connectivity index (χ3v) is 1.76. The Labute approximate surface area is 82.7 Å². The van der Waals surface area contributed by atoms with Gasteiger partial charge in [0.25, 0.3) is 5.91 Å². The zero-order chi connectivity index (χ0) is 10.6. The lowest BCUT2D eigenvalue weighted by Crippen LogP contribution is -2.26. The number of nitrogens with two attached hydrogens (primary N) is 1. The molecular weight excluding hydrogens is 180 g/mol. The summed E-state index contributed by atoms with van der Waals surface area (Å²) in [4.78, 5) is 11.4. The van der Waals surface area contributed by atoms with E-state index < -0.39 is 0 Å². The van der Waals surface area contributed by atoms with Crippen molar-refractivity contribution in [2.45, 2.75) is 6.92 Å². The molecule has 0 spiro atoms. The summed E-state index contributed by atoms with van der Waals surface area (Å²) in [7, 11) is 0. The summed E-state index contributed by atoms with van der Waals surface area (Å²) in [5, 5.41) is 11.1. The quantitative estimate of drug-likeness (QED) is 0.606. The summed E-state index contributed by atoms with van der Waals surface area (Å²) in [5.41, 5.74) is 7.63. The van der Waals surface area contributed by atoms with Gasteiger partial charge in [-0.2, -0.15) is 0 Å². The second kappa shape index (κ2) is 4.62. The van der Waals surface area contributed by atoms with E-state index in [1.54, 1.807) is 18.2 Å². The van der Waals surface area contributed by atoms with Gasteiger partial charge in [-0.1, -0.05) is 0 Å². The molecule has 4 N–H and O–H groups in total. The highest BCUT2D eigenvalue weighted by Gasteiger charge is 2.05. The van der Waals surface area contributed by atoms with Crippen LogP contribution >= 0.6 is 0 Å². The lowest BCUT2D eigenvalue weighted by Gasteiger charge is -2.05. The fraction of sp³-hybridized carbons (Fsp3) is 0.300. The van der Waals surface area contributed by atoms with Gasteiger partial charge < -0.3 is 16.2 Å². The molecule has 1 aromatic carbocycles. The maximum Gasteiger partial charge on any atom is 0.251 e. The number of hydrogen-bond donors (Lipinski definition) is 3. The number of anilines is 1. The summed E-state index contributed by atoms with van der Waals surface area (Å²) in [5.74, 6) is -0.213. The van der Waals surface area contributed by atoms with Crippen LogP contribution in [0.5, 0.6) is 0 Å². The minimum absolute atomic E-state index is 0.0625. The van der Waals surface area contributed by atoms with E-state index in [4.69, 9.17) is 10.8 Å². The van der Waals surface area contributed by atoms with Crippen LogP contribution in [0.3, 0.4) is 0 Å². The predicted octanol–water partition coefficient (Wildman–Crippen LogP) is 0.299. The van der Waals surface area contributed by atoms with Gasteiger partial charge in [-0.15, -0.1) is 0 Å². The molecule has 0 saturated carbocycles. The first-order valence-corrected chi connectivity index (χ1v) is 4.39. The number of rotatable bonds is 3. The molecule has 1 amide bonds. The molecule has 0 radical (unpaired) electrons. The molecule has 0 saturated heterocycles. The molecule has 0 unspecified atom stereocenters. The number of aryl methyl sites for hydroxylation is 1. The van der Waals surface area contributed by atoms with Gasteiger partial charge in [0.1, 0.15) is 0 Å². The Balaban J connectivity index is 2.79. The average Bonchev–Trinajstić information content (AvgIpc) is 2.12. The van der Waals surface area contributed by atoms with Crippen LogP contribution in [0.1, 0.15) is 15.9 Å². The van der Waals surface area contributed by atoms with Gasteiger partial charge in [-0.3, -0.25) is 4.79 Å². The van der Waals surface area contributed by atoms with Crippen molar-refractivity contribution >= 4 is 11.6 Å². The number of nitrogen functional groups attached to an aromatic ring is 1. The molecule has 14 heavy (non-hydrogen) atoms. The first-order chi connectivity index (χ1) is 6.63. The maximum atomic E-state index is 11.4. The Morgan fingerprint density at radius 3 is 2.79 bits per heavy atom. The Hall–Kier alpha value is -1.55. The van der Waals surface area contributed by atoms with Crippen molar-refractivity contribution in [2.75, 3.05) is 18.9 Å². The van der Waals surface area contributed by atoms with Crippen LogP contribution in [0.2, 0.25) is 0 Å². The van der Waals surface area contributed by atoms with Crippen LogP contribution < -0.4 is 11.1 Å². The number of nitrogens with one attached hydrogen (secondary N) is 1. The maximum absolute atomic E-state index is 11.4. The topological polar surface area (TPSA) is 75.4 Å². The van der Waals surface area contributed by atoms with Crippen LogP contribution in [0, 0.1) is 6.92 Å². The highest BCUT2D eigenvalue weighted by molar-refractivity contribution is 5.95. The van der Waals surface area contributed by atoms with Gasteiger partial charge in [-0.05, 0) is 30.7 Å². The van der Waals surface area contributed by atoms with E-state index in [9.17, 15) is 4.79 Å². The Bertz CT molecular complexity index is 317. The molecule has 76 valence electrons. The minimum atomic E-state index is -0.213. The summed E-state index contributed by atoms with van der Waals surface area (Å²) >= 11 is 0. The average molecular weight is 194 g/mol. The number of carbonyl (C=O) groups is 1. The molecule has 1 aromatic rings. The largest absolute Gasteiger partial charge is 0.399 e. The smallest absolute Gasteiger partial charge is 0.251 e. The van der Waals surface area contributed by atoms with Crippen molar-refractivity contribution in [3.05, 3.63) is 29.3 Å². The third kappa shape index (κ3) is 2.74. The molecule has 0 aliphatic carbocycles. The zero-order valence-electron chi connectivity index (χ0n) is 8.08. The van der Waals surface area contributed by atoms with E-state index in [0.29, 0.717) is 11.3 Å². The van der Waals surface area contributed by atoms with Gasteiger partial charge in [0.05, 0.1) is 6.61 Å². The monoisotopic (exact) mass is 194 g/mol. The number of hydrogen-bond acceptors (Lipinski definition) is 3. The predicted molar refractivity (Wildman–Crippen MR) is 55.0 cm³/mol. The van der Waals surface area contributed by atoms with E-state index in [-0.39, 0.29) is 19.1 Å². The van der Waals surface area contributed by atoms with Crippen molar-refractivity contribution in [3.63, 3.8) is 0 Å². The number of aliphatic hydroxyl groups excluding tert-OH is 1. The molecule has 0 atom stereocenters. The molecule has 0 fully saturated rings. The normalized spacial score (nSPS) is 9.86. The summed E-state index contributed by atoms with van der Waals surface area (Å²) in [6, 6.07) is 5.16. The Morgan fingerprint density at radius 2 is 2.21 bits per heavy atom. The number of aliphatic hydroxyl groups is 1. The number of benzene rings is 1. The highest BCUT2D eigenvalue weighted by Crippen LogP contribution is 2.10. The minimum Gasteiger partial charge on any atom is -0.399 e. The zero-order valence-corrected chi connectivity index (χ0v) is 8.08. The standard InChI is InChI=1S/C10H14N2O2/c1-7-4-8(6-9(11)5-7)10(14)12-2-3-13/h4-6,13H,2-3,11H2,1H3,(H,12,14). The molecule has 1 rings (SSSR count). The van der Waals surface area contributed by atoms with Gasteiger partial charge in [0.2, 0.25) is 0 Å². The van der Waals surface area contributed by atoms with Gasteiger partial charge >= 0.3 is 0 Å². The van der Waals surface area contributed by atoms with E-state index in [1.165, 1.54) is 0 Å². The summed E-state index contributed by atoms with van der Waals surface area (Å²) < 4.78 is 0. The van der Waals surface area contributed by atoms with Crippen LogP contribution in [-0.4, -0.2) is 24.2 Å². The molecule has 0 heterocycles. The van der Waals surface area contributed by atoms with Crippen LogP contribution in [-0.2, 0) is 0 Å². The fourth-order valence-corrected chi connectivity index (χ4v) is 1.22. The van der Waals surface area contributed by atoms with Crippen molar-refractivity contribution < 1.29 is 9.90 Å². The third-order valence-electron chi connectivity index (χ3n) is 1.76.